The second-order valence-corrected chi connectivity index (χ2v) is 6.23. The van der Waals surface area contributed by atoms with E-state index in [4.69, 9.17) is 16.9 Å². The molecule has 0 fully saturated rings. The molecule has 1 aliphatic rings. The molecule has 3 nitrogen and oxygen atoms in total. The van der Waals surface area contributed by atoms with Crippen LogP contribution in [0.4, 0.5) is 5.00 Å². The maximum Gasteiger partial charge on any atom is 0.162 e. The third-order valence-corrected chi connectivity index (χ3v) is 5.31. The first-order chi connectivity index (χ1) is 9.29. The van der Waals surface area contributed by atoms with Gasteiger partial charge in [-0.2, -0.15) is 9.64 Å². The summed E-state index contributed by atoms with van der Waals surface area (Å²) in [5.41, 5.74) is 1.89. The molecule has 1 aliphatic heterocycles. The fourth-order valence-electron chi connectivity index (χ4n) is 2.11. The third-order valence-electron chi connectivity index (χ3n) is 3.08. The lowest BCUT2D eigenvalue weighted by molar-refractivity contribution is 0.841. The number of halogens is 1. The van der Waals surface area contributed by atoms with Crippen LogP contribution >= 0.6 is 34.5 Å². The van der Waals surface area contributed by atoms with E-state index >= 15 is 0 Å². The van der Waals surface area contributed by atoms with Crippen molar-refractivity contribution in [3.05, 3.63) is 39.2 Å². The summed E-state index contributed by atoms with van der Waals surface area (Å²) in [4.78, 5) is 3.50. The van der Waals surface area contributed by atoms with Gasteiger partial charge in [-0.1, -0.05) is 23.7 Å². The molecule has 3 heterocycles. The Bertz CT molecular complexity index is 652. The van der Waals surface area contributed by atoms with E-state index in [0.717, 1.165) is 24.5 Å². The van der Waals surface area contributed by atoms with Crippen LogP contribution < -0.4 is 4.90 Å². The molecular formula is C13H10ClN3S2. The van der Waals surface area contributed by atoms with Gasteiger partial charge >= 0.3 is 0 Å². The average Bonchev–Trinajstić information content (AvgIpc) is 3.08. The molecule has 0 bridgehead atoms. The minimum Gasteiger partial charge on any atom is -0.357 e. The van der Waals surface area contributed by atoms with E-state index in [0.29, 0.717) is 10.7 Å². The Balaban J connectivity index is 1.82. The Morgan fingerprint density at radius 1 is 1.47 bits per heavy atom. The lowest BCUT2D eigenvalue weighted by atomic mass is 10.1. The van der Waals surface area contributed by atoms with E-state index in [9.17, 15) is 0 Å². The van der Waals surface area contributed by atoms with Crippen LogP contribution in [0.3, 0.4) is 0 Å². The number of nitrogens with zero attached hydrogens (tertiary/aromatic N) is 3. The normalized spacial score (nSPS) is 15.2. The number of hydrogen-bond acceptors (Lipinski definition) is 5. The fraction of sp³-hybridized carbons (Fsp3) is 0.231. The van der Waals surface area contributed by atoms with Gasteiger partial charge in [0.05, 0.1) is 0 Å². The van der Waals surface area contributed by atoms with Crippen molar-refractivity contribution in [2.24, 2.45) is 0 Å². The van der Waals surface area contributed by atoms with Crippen molar-refractivity contribution in [3.63, 3.8) is 0 Å². The molecule has 0 saturated carbocycles. The Morgan fingerprint density at radius 2 is 2.37 bits per heavy atom. The molecule has 0 radical (unpaired) electrons. The number of hydrogen-bond donors (Lipinski definition) is 0. The Labute approximate surface area is 124 Å². The van der Waals surface area contributed by atoms with Gasteiger partial charge in [-0.25, -0.2) is 0 Å². The summed E-state index contributed by atoms with van der Waals surface area (Å²) >= 11 is 8.98. The van der Waals surface area contributed by atoms with Crippen LogP contribution in [0, 0.1) is 11.3 Å². The largest absolute Gasteiger partial charge is 0.357 e. The highest BCUT2D eigenvalue weighted by molar-refractivity contribution is 7.11. The Morgan fingerprint density at radius 3 is 3.00 bits per heavy atom. The van der Waals surface area contributed by atoms with Crippen LogP contribution in [0.1, 0.15) is 16.9 Å². The molecule has 0 spiro atoms. The summed E-state index contributed by atoms with van der Waals surface area (Å²) in [5, 5.41) is 12.4. The van der Waals surface area contributed by atoms with Crippen molar-refractivity contribution in [3.8, 4) is 6.07 Å². The highest BCUT2D eigenvalue weighted by atomic mass is 35.5. The van der Waals surface area contributed by atoms with Crippen molar-refractivity contribution >= 4 is 45.0 Å². The predicted octanol–water partition coefficient (Wildman–Crippen LogP) is 4.02. The zero-order valence-electron chi connectivity index (χ0n) is 9.97. The summed E-state index contributed by atoms with van der Waals surface area (Å²) in [6.07, 6.45) is 3.21. The Kier molecular flexibility index (Phi) is 3.56. The van der Waals surface area contributed by atoms with E-state index in [1.165, 1.54) is 22.0 Å². The maximum absolute atomic E-state index is 9.11. The van der Waals surface area contributed by atoms with E-state index in [-0.39, 0.29) is 0 Å². The van der Waals surface area contributed by atoms with Gasteiger partial charge in [-0.05, 0) is 35.0 Å². The molecule has 3 rings (SSSR count). The zero-order chi connectivity index (χ0) is 13.2. The lowest BCUT2D eigenvalue weighted by Crippen LogP contribution is -2.27. The van der Waals surface area contributed by atoms with E-state index in [2.05, 4.69) is 38.9 Å². The lowest BCUT2D eigenvalue weighted by Gasteiger charge is -2.26. The molecule has 0 N–H and O–H groups in total. The smallest absolute Gasteiger partial charge is 0.162 e. The van der Waals surface area contributed by atoms with Crippen LogP contribution in [0.25, 0.3) is 5.57 Å². The summed E-state index contributed by atoms with van der Waals surface area (Å²) in [7, 11) is 0. The quantitative estimate of drug-likeness (QED) is 0.841. The number of anilines is 1. The van der Waals surface area contributed by atoms with E-state index in [1.807, 2.05) is 0 Å². The highest BCUT2D eigenvalue weighted by Crippen LogP contribution is 2.34. The molecule has 0 atom stereocenters. The van der Waals surface area contributed by atoms with Gasteiger partial charge in [0.1, 0.15) is 16.6 Å². The highest BCUT2D eigenvalue weighted by Gasteiger charge is 2.20. The molecular weight excluding hydrogens is 298 g/mol. The van der Waals surface area contributed by atoms with Crippen LogP contribution in [0.15, 0.2) is 23.6 Å². The van der Waals surface area contributed by atoms with Crippen molar-refractivity contribution < 1.29 is 0 Å². The Hall–Kier alpha value is -1.35. The van der Waals surface area contributed by atoms with Gasteiger partial charge in [0, 0.05) is 18.0 Å². The monoisotopic (exact) mass is 307 g/mol. The minimum atomic E-state index is 0.315. The molecule has 0 amide bonds. The van der Waals surface area contributed by atoms with Crippen LogP contribution in [0.2, 0.25) is 5.15 Å². The van der Waals surface area contributed by atoms with Crippen molar-refractivity contribution in [1.82, 2.24) is 4.37 Å². The average molecular weight is 308 g/mol. The van der Waals surface area contributed by atoms with E-state index < -0.39 is 0 Å². The topological polar surface area (TPSA) is 39.9 Å². The van der Waals surface area contributed by atoms with E-state index in [1.54, 1.807) is 11.3 Å². The maximum atomic E-state index is 9.11. The van der Waals surface area contributed by atoms with Crippen LogP contribution in [-0.4, -0.2) is 17.5 Å². The van der Waals surface area contributed by atoms with Crippen molar-refractivity contribution in [2.75, 3.05) is 18.0 Å². The summed E-state index contributed by atoms with van der Waals surface area (Å²) in [5.74, 6) is 0. The molecule has 6 heteroatoms. The third kappa shape index (κ3) is 2.39. The van der Waals surface area contributed by atoms with Crippen molar-refractivity contribution in [2.45, 2.75) is 6.42 Å². The molecule has 2 aromatic rings. The van der Waals surface area contributed by atoms with Gasteiger partial charge < -0.3 is 4.90 Å². The summed E-state index contributed by atoms with van der Waals surface area (Å²) in [6.45, 7) is 1.71. The number of thiophene rings is 1. The van der Waals surface area contributed by atoms with Gasteiger partial charge in [-0.3, -0.25) is 0 Å². The van der Waals surface area contributed by atoms with Gasteiger partial charge in [0.2, 0.25) is 0 Å². The number of nitriles is 1. The van der Waals surface area contributed by atoms with Crippen LogP contribution in [-0.2, 0) is 0 Å². The molecule has 0 aliphatic carbocycles. The second-order valence-electron chi connectivity index (χ2n) is 4.17. The molecule has 0 aromatic carbocycles. The molecule has 96 valence electrons. The first-order valence-corrected chi connectivity index (χ1v) is 7.86. The molecule has 0 saturated heterocycles. The molecule has 2 aromatic heterocycles. The first kappa shape index (κ1) is 12.7. The summed E-state index contributed by atoms with van der Waals surface area (Å²) in [6, 6.07) is 6.36. The van der Waals surface area contributed by atoms with Gasteiger partial charge in [0.25, 0.3) is 0 Å². The SMILES string of the molecule is N#Cc1c(Cl)nsc1N1CC=C(c2cccs2)CC1. The molecule has 19 heavy (non-hydrogen) atoms. The minimum absolute atomic E-state index is 0.315. The standard InChI is InChI=1S/C13H10ClN3S2/c14-12-10(8-15)13(19-16-12)17-5-3-9(4-6-17)11-2-1-7-18-11/h1-3,7H,4-6H2. The number of rotatable bonds is 2. The number of aromatic nitrogens is 1. The molecule has 0 unspecified atom stereocenters. The van der Waals surface area contributed by atoms with Gasteiger partial charge in [0.15, 0.2) is 5.15 Å². The second kappa shape index (κ2) is 5.33. The first-order valence-electron chi connectivity index (χ1n) is 5.82. The fourth-order valence-corrected chi connectivity index (χ4v) is 3.97. The zero-order valence-corrected chi connectivity index (χ0v) is 12.4. The summed E-state index contributed by atoms with van der Waals surface area (Å²) < 4.78 is 4.06. The van der Waals surface area contributed by atoms with Crippen molar-refractivity contribution in [1.29, 1.82) is 5.26 Å². The predicted molar refractivity (Wildman–Crippen MR) is 81.0 cm³/mol. The van der Waals surface area contributed by atoms with Crippen LogP contribution in [0.5, 0.6) is 0 Å². The van der Waals surface area contributed by atoms with Gasteiger partial charge in [-0.15, -0.1) is 11.3 Å².